The van der Waals surface area contributed by atoms with Gasteiger partial charge in [-0.15, -0.1) is 0 Å². The Morgan fingerprint density at radius 3 is 2.54 bits per heavy atom. The summed E-state index contributed by atoms with van der Waals surface area (Å²) in [5, 5.41) is 3.76. The Bertz CT molecular complexity index is 971. The van der Waals surface area contributed by atoms with E-state index in [9.17, 15) is 13.2 Å². The van der Waals surface area contributed by atoms with Crippen LogP contribution in [0.1, 0.15) is 41.3 Å². The number of nitrogens with zero attached hydrogens (tertiary/aromatic N) is 3. The van der Waals surface area contributed by atoms with E-state index < -0.39 is 10.0 Å². The van der Waals surface area contributed by atoms with Gasteiger partial charge in [0.05, 0.1) is 5.92 Å². The molecule has 2 heterocycles. The second-order valence-electron chi connectivity index (χ2n) is 7.53. The van der Waals surface area contributed by atoms with Gasteiger partial charge >= 0.3 is 0 Å². The third kappa shape index (κ3) is 3.24. The molecule has 1 fully saturated rings. The van der Waals surface area contributed by atoms with E-state index in [-0.39, 0.29) is 29.8 Å². The van der Waals surface area contributed by atoms with E-state index in [0.29, 0.717) is 24.5 Å². The maximum atomic E-state index is 13.1. The minimum atomic E-state index is -3.66. The Hall–Kier alpha value is -2.19. The van der Waals surface area contributed by atoms with Crippen LogP contribution in [0.3, 0.4) is 0 Å². The number of amides is 1. The lowest BCUT2D eigenvalue weighted by molar-refractivity contribution is -0.134. The van der Waals surface area contributed by atoms with Gasteiger partial charge < -0.3 is 9.42 Å². The van der Waals surface area contributed by atoms with E-state index in [2.05, 4.69) is 17.3 Å². The van der Waals surface area contributed by atoms with E-state index in [1.807, 2.05) is 17.0 Å². The Morgan fingerprint density at radius 2 is 1.86 bits per heavy atom. The van der Waals surface area contributed by atoms with Gasteiger partial charge in [0.2, 0.25) is 15.9 Å². The molecule has 0 radical (unpaired) electrons. The fraction of sp³-hybridized carbons (Fsp3) is 0.500. The van der Waals surface area contributed by atoms with Crippen molar-refractivity contribution in [1.29, 1.82) is 0 Å². The molecule has 1 unspecified atom stereocenters. The molecule has 0 saturated carbocycles. The first kappa shape index (κ1) is 19.1. The molecule has 150 valence electrons. The maximum absolute atomic E-state index is 13.1. The Balaban J connectivity index is 1.47. The van der Waals surface area contributed by atoms with E-state index in [0.717, 1.165) is 24.8 Å². The fourth-order valence-electron chi connectivity index (χ4n) is 4.35. The van der Waals surface area contributed by atoms with Gasteiger partial charge in [0, 0.05) is 26.2 Å². The van der Waals surface area contributed by atoms with Gasteiger partial charge in [0.25, 0.3) is 0 Å². The van der Waals surface area contributed by atoms with Crippen molar-refractivity contribution in [3.63, 3.8) is 0 Å². The number of carbonyl (C=O) groups is 1. The SMILES string of the molecule is Cc1noc(C)c1S(=O)(=O)N1CCN(C(=O)C2CCCc3ccccc32)CC1. The fourth-order valence-corrected chi connectivity index (χ4v) is 6.06. The number of fused-ring (bicyclic) bond motifs is 1. The van der Waals surface area contributed by atoms with Crippen molar-refractivity contribution in [2.45, 2.75) is 43.9 Å². The summed E-state index contributed by atoms with van der Waals surface area (Å²) in [6.45, 7) is 4.61. The predicted molar refractivity (Wildman–Crippen MR) is 103 cm³/mol. The average molecular weight is 404 g/mol. The predicted octanol–water partition coefficient (Wildman–Crippen LogP) is 2.24. The highest BCUT2D eigenvalue weighted by Crippen LogP contribution is 2.33. The van der Waals surface area contributed by atoms with Gasteiger partial charge in [-0.1, -0.05) is 29.4 Å². The van der Waals surface area contributed by atoms with Crippen molar-refractivity contribution in [2.75, 3.05) is 26.2 Å². The van der Waals surface area contributed by atoms with Crippen molar-refractivity contribution < 1.29 is 17.7 Å². The van der Waals surface area contributed by atoms with E-state index in [1.165, 1.54) is 9.87 Å². The van der Waals surface area contributed by atoms with Crippen LogP contribution in [-0.4, -0.2) is 54.9 Å². The third-order valence-electron chi connectivity index (χ3n) is 5.78. The quantitative estimate of drug-likeness (QED) is 0.785. The molecule has 0 bridgehead atoms. The minimum Gasteiger partial charge on any atom is -0.360 e. The number of rotatable bonds is 3. The molecule has 1 atom stereocenters. The zero-order chi connectivity index (χ0) is 19.9. The van der Waals surface area contributed by atoms with Crippen LogP contribution >= 0.6 is 0 Å². The number of aromatic nitrogens is 1. The average Bonchev–Trinajstić information content (AvgIpc) is 3.06. The molecule has 1 amide bonds. The molecular formula is C20H25N3O4S. The second-order valence-corrected chi connectivity index (χ2v) is 9.40. The molecule has 2 aromatic rings. The summed E-state index contributed by atoms with van der Waals surface area (Å²) < 4.78 is 32.4. The van der Waals surface area contributed by atoms with Crippen LogP contribution in [0.5, 0.6) is 0 Å². The number of hydrogen-bond acceptors (Lipinski definition) is 5. The summed E-state index contributed by atoms with van der Waals surface area (Å²) in [6.07, 6.45) is 2.88. The summed E-state index contributed by atoms with van der Waals surface area (Å²) in [6, 6.07) is 8.15. The van der Waals surface area contributed by atoms with Crippen molar-refractivity contribution in [2.24, 2.45) is 0 Å². The van der Waals surface area contributed by atoms with Crippen LogP contribution in [0.2, 0.25) is 0 Å². The van der Waals surface area contributed by atoms with Crippen LogP contribution in [-0.2, 0) is 21.2 Å². The van der Waals surface area contributed by atoms with Gasteiger partial charge in [-0.25, -0.2) is 8.42 Å². The number of aryl methyl sites for hydroxylation is 3. The Morgan fingerprint density at radius 1 is 1.14 bits per heavy atom. The van der Waals surface area contributed by atoms with Crippen LogP contribution < -0.4 is 0 Å². The van der Waals surface area contributed by atoms with Gasteiger partial charge in [-0.2, -0.15) is 4.31 Å². The lowest BCUT2D eigenvalue weighted by Crippen LogP contribution is -2.51. The van der Waals surface area contributed by atoms with Crippen LogP contribution in [0.15, 0.2) is 33.7 Å². The molecule has 2 aliphatic rings. The molecule has 4 rings (SSSR count). The first-order chi connectivity index (χ1) is 13.4. The normalized spacial score (nSPS) is 20.8. The van der Waals surface area contributed by atoms with Gasteiger partial charge in [0.1, 0.15) is 10.6 Å². The van der Waals surface area contributed by atoms with Gasteiger partial charge in [-0.3, -0.25) is 4.79 Å². The van der Waals surface area contributed by atoms with Crippen LogP contribution in [0.25, 0.3) is 0 Å². The number of piperazine rings is 1. The third-order valence-corrected chi connectivity index (χ3v) is 7.93. The smallest absolute Gasteiger partial charge is 0.248 e. The topological polar surface area (TPSA) is 83.7 Å². The first-order valence-electron chi connectivity index (χ1n) is 9.69. The summed E-state index contributed by atoms with van der Waals surface area (Å²) in [5.41, 5.74) is 2.76. The Kier molecular flexibility index (Phi) is 5.01. The minimum absolute atomic E-state index is 0.113. The zero-order valence-corrected chi connectivity index (χ0v) is 17.0. The van der Waals surface area contributed by atoms with Crippen molar-refractivity contribution in [3.05, 3.63) is 46.8 Å². The van der Waals surface area contributed by atoms with E-state index >= 15 is 0 Å². The zero-order valence-electron chi connectivity index (χ0n) is 16.2. The van der Waals surface area contributed by atoms with E-state index in [1.54, 1.807) is 13.8 Å². The molecule has 1 aliphatic carbocycles. The standard InChI is InChI=1S/C20H25N3O4S/c1-14-19(15(2)27-21-14)28(25,26)23-12-10-22(11-13-23)20(24)18-9-5-7-16-6-3-4-8-17(16)18/h3-4,6,8,18H,5,7,9-13H2,1-2H3. The molecule has 0 N–H and O–H groups in total. The number of benzene rings is 1. The molecule has 28 heavy (non-hydrogen) atoms. The summed E-state index contributed by atoms with van der Waals surface area (Å²) in [5.74, 6) is 0.298. The lowest BCUT2D eigenvalue weighted by atomic mass is 9.82. The molecule has 1 aromatic carbocycles. The van der Waals surface area contributed by atoms with Crippen molar-refractivity contribution in [3.8, 4) is 0 Å². The van der Waals surface area contributed by atoms with Gasteiger partial charge in [0.15, 0.2) is 5.76 Å². The summed E-state index contributed by atoms with van der Waals surface area (Å²) in [4.78, 5) is 15.1. The molecule has 1 aliphatic heterocycles. The number of hydrogen-bond donors (Lipinski definition) is 0. The molecular weight excluding hydrogens is 378 g/mol. The molecule has 8 heteroatoms. The van der Waals surface area contributed by atoms with Gasteiger partial charge in [-0.05, 0) is 44.2 Å². The van der Waals surface area contributed by atoms with Crippen LogP contribution in [0.4, 0.5) is 0 Å². The maximum Gasteiger partial charge on any atom is 0.248 e. The van der Waals surface area contributed by atoms with E-state index in [4.69, 9.17) is 4.52 Å². The molecule has 0 spiro atoms. The molecule has 1 aromatic heterocycles. The van der Waals surface area contributed by atoms with Crippen molar-refractivity contribution >= 4 is 15.9 Å². The number of sulfonamides is 1. The summed E-state index contributed by atoms with van der Waals surface area (Å²) in [7, 11) is -3.66. The monoisotopic (exact) mass is 403 g/mol. The highest BCUT2D eigenvalue weighted by molar-refractivity contribution is 7.89. The van der Waals surface area contributed by atoms with Crippen molar-refractivity contribution in [1.82, 2.24) is 14.4 Å². The largest absolute Gasteiger partial charge is 0.360 e. The Labute approximate surface area is 165 Å². The number of carbonyl (C=O) groups excluding carboxylic acids is 1. The first-order valence-corrected chi connectivity index (χ1v) is 11.1. The highest BCUT2D eigenvalue weighted by atomic mass is 32.2. The molecule has 7 nitrogen and oxygen atoms in total. The highest BCUT2D eigenvalue weighted by Gasteiger charge is 2.36. The molecule has 1 saturated heterocycles. The summed E-state index contributed by atoms with van der Waals surface area (Å²) >= 11 is 0. The van der Waals surface area contributed by atoms with Crippen LogP contribution in [0, 0.1) is 13.8 Å². The lowest BCUT2D eigenvalue weighted by Gasteiger charge is -2.37. The second kappa shape index (κ2) is 7.33.